The molecule has 3 aromatic rings. The van der Waals surface area contributed by atoms with Crippen molar-refractivity contribution in [2.75, 3.05) is 33.8 Å². The van der Waals surface area contributed by atoms with Crippen molar-refractivity contribution in [3.05, 3.63) is 102 Å². The second-order valence-corrected chi connectivity index (χ2v) is 11.4. The fraction of sp³-hybridized carbons (Fsp3) is 0.382. The molecular formula is C34H41N5O4. The Kier molecular flexibility index (Phi) is 9.31. The van der Waals surface area contributed by atoms with E-state index in [0.29, 0.717) is 13.1 Å². The Morgan fingerprint density at radius 2 is 1.56 bits per heavy atom. The smallest absolute Gasteiger partial charge is 0.334 e. The van der Waals surface area contributed by atoms with Crippen LogP contribution < -0.4 is 10.1 Å². The number of hydrazine groups is 1. The SMILES string of the molecule is CCC(C)[C@H]1C(=O)N(CC(c2ccccc2)c2ccccc2)C[C@H]2N1C(=O)CN(C)N2C(=O)NCc1ccc(OC)cc1. The van der Waals surface area contributed by atoms with E-state index in [1.807, 2.05) is 79.4 Å². The molecule has 5 rings (SSSR count). The van der Waals surface area contributed by atoms with Gasteiger partial charge in [0.2, 0.25) is 11.8 Å². The molecule has 2 saturated heterocycles. The molecule has 2 heterocycles. The number of fused-ring (bicyclic) bond motifs is 1. The van der Waals surface area contributed by atoms with E-state index in [9.17, 15) is 14.4 Å². The zero-order valence-electron chi connectivity index (χ0n) is 25.3. The number of carbonyl (C=O) groups excluding carboxylic acids is 3. The average molecular weight is 584 g/mol. The van der Waals surface area contributed by atoms with Crippen LogP contribution in [-0.4, -0.2) is 83.7 Å². The fourth-order valence-corrected chi connectivity index (χ4v) is 6.16. The first kappa shape index (κ1) is 30.1. The predicted molar refractivity (Wildman–Crippen MR) is 165 cm³/mol. The lowest BCUT2D eigenvalue weighted by Crippen LogP contribution is -2.76. The molecule has 0 spiro atoms. The predicted octanol–water partition coefficient (Wildman–Crippen LogP) is 4.31. The van der Waals surface area contributed by atoms with Gasteiger partial charge in [-0.25, -0.2) is 14.8 Å². The van der Waals surface area contributed by atoms with Crippen molar-refractivity contribution in [1.29, 1.82) is 0 Å². The Hall–Kier alpha value is -4.37. The largest absolute Gasteiger partial charge is 0.497 e. The summed E-state index contributed by atoms with van der Waals surface area (Å²) in [4.78, 5) is 45.1. The minimum atomic E-state index is -0.658. The molecule has 0 bridgehead atoms. The topological polar surface area (TPSA) is 85.4 Å². The molecule has 2 aliphatic heterocycles. The van der Waals surface area contributed by atoms with Crippen LogP contribution in [0.4, 0.5) is 4.79 Å². The van der Waals surface area contributed by atoms with Gasteiger partial charge in [0.05, 0.1) is 20.2 Å². The van der Waals surface area contributed by atoms with Crippen LogP contribution in [-0.2, 0) is 16.1 Å². The van der Waals surface area contributed by atoms with E-state index in [1.165, 1.54) is 0 Å². The van der Waals surface area contributed by atoms with Gasteiger partial charge in [0.1, 0.15) is 18.0 Å². The molecule has 9 heteroatoms. The van der Waals surface area contributed by atoms with Gasteiger partial charge in [-0.15, -0.1) is 0 Å². The number of ether oxygens (including phenoxy) is 1. The molecule has 3 aromatic carbocycles. The number of nitrogens with one attached hydrogen (secondary N) is 1. The maximum absolute atomic E-state index is 14.2. The van der Waals surface area contributed by atoms with Crippen LogP contribution in [0.25, 0.3) is 0 Å². The third kappa shape index (κ3) is 6.37. The molecule has 0 aliphatic carbocycles. The first-order valence-electron chi connectivity index (χ1n) is 14.9. The van der Waals surface area contributed by atoms with Crippen molar-refractivity contribution in [1.82, 2.24) is 25.1 Å². The summed E-state index contributed by atoms with van der Waals surface area (Å²) in [5.74, 6) is 0.380. The molecule has 1 unspecified atom stereocenters. The number of piperazine rings is 1. The molecule has 226 valence electrons. The van der Waals surface area contributed by atoms with Gasteiger partial charge in [-0.3, -0.25) is 9.59 Å². The first-order chi connectivity index (χ1) is 20.8. The molecule has 0 radical (unpaired) electrons. The highest BCUT2D eigenvalue weighted by molar-refractivity contribution is 5.91. The van der Waals surface area contributed by atoms with E-state index in [1.54, 1.807) is 29.1 Å². The minimum absolute atomic E-state index is 0.0172. The molecule has 4 amide bonds. The molecule has 2 aliphatic rings. The highest BCUT2D eigenvalue weighted by atomic mass is 16.5. The molecule has 2 fully saturated rings. The highest BCUT2D eigenvalue weighted by Crippen LogP contribution is 2.33. The summed E-state index contributed by atoms with van der Waals surface area (Å²) in [6, 6.07) is 26.9. The lowest BCUT2D eigenvalue weighted by atomic mass is 9.88. The fourth-order valence-electron chi connectivity index (χ4n) is 6.16. The van der Waals surface area contributed by atoms with Gasteiger partial charge in [-0.05, 0) is 34.7 Å². The Labute approximate surface area is 254 Å². The molecule has 0 aromatic heterocycles. The zero-order chi connectivity index (χ0) is 30.5. The normalized spacial score (nSPS) is 19.8. The Bertz CT molecular complexity index is 1360. The lowest BCUT2D eigenvalue weighted by molar-refractivity contribution is -0.190. The summed E-state index contributed by atoms with van der Waals surface area (Å²) in [7, 11) is 3.36. The van der Waals surface area contributed by atoms with Gasteiger partial charge in [0.15, 0.2) is 0 Å². The van der Waals surface area contributed by atoms with Gasteiger partial charge in [-0.1, -0.05) is 93.1 Å². The van der Waals surface area contributed by atoms with Crippen molar-refractivity contribution in [3.8, 4) is 5.75 Å². The standard InChI is InChI=1S/C34H41N5O4/c1-5-24(2)32-33(41)37(21-29(26-12-8-6-9-13-26)27-14-10-7-11-15-27)22-30-38(32)31(40)23-36(3)39(30)34(42)35-20-25-16-18-28(43-4)19-17-25/h6-19,24,29-30,32H,5,20-23H2,1-4H3,(H,35,42)/t24?,30-,32-/m0/s1. The van der Waals surface area contributed by atoms with E-state index in [-0.39, 0.29) is 42.8 Å². The second kappa shape index (κ2) is 13.3. The number of likely N-dealkylation sites (N-methyl/N-ethyl adjacent to an activating group) is 1. The average Bonchev–Trinajstić information content (AvgIpc) is 3.03. The molecule has 1 N–H and O–H groups in total. The van der Waals surface area contributed by atoms with Crippen molar-refractivity contribution < 1.29 is 19.1 Å². The van der Waals surface area contributed by atoms with E-state index < -0.39 is 12.2 Å². The summed E-state index contributed by atoms with van der Waals surface area (Å²) in [6.07, 6.45) is 0.0899. The van der Waals surface area contributed by atoms with E-state index in [0.717, 1.165) is 28.9 Å². The number of nitrogens with zero attached hydrogens (tertiary/aromatic N) is 4. The van der Waals surface area contributed by atoms with Crippen LogP contribution >= 0.6 is 0 Å². The zero-order valence-corrected chi connectivity index (χ0v) is 25.3. The van der Waals surface area contributed by atoms with Crippen LogP contribution in [0.5, 0.6) is 5.75 Å². The van der Waals surface area contributed by atoms with Crippen LogP contribution in [0.3, 0.4) is 0 Å². The Morgan fingerprint density at radius 3 is 2.12 bits per heavy atom. The van der Waals surface area contributed by atoms with E-state index in [2.05, 4.69) is 29.6 Å². The summed E-state index contributed by atoms with van der Waals surface area (Å²) in [5, 5.41) is 6.30. The summed E-state index contributed by atoms with van der Waals surface area (Å²) < 4.78 is 5.24. The second-order valence-electron chi connectivity index (χ2n) is 11.4. The number of benzene rings is 3. The van der Waals surface area contributed by atoms with Gasteiger partial charge < -0.3 is 19.9 Å². The number of methoxy groups -OCH3 is 1. The van der Waals surface area contributed by atoms with Gasteiger partial charge in [0.25, 0.3) is 0 Å². The minimum Gasteiger partial charge on any atom is -0.497 e. The van der Waals surface area contributed by atoms with Crippen molar-refractivity contribution in [2.45, 2.75) is 44.9 Å². The van der Waals surface area contributed by atoms with Crippen LogP contribution in [0.2, 0.25) is 0 Å². The van der Waals surface area contributed by atoms with Crippen molar-refractivity contribution >= 4 is 17.8 Å². The summed E-state index contributed by atoms with van der Waals surface area (Å²) >= 11 is 0. The maximum Gasteiger partial charge on any atom is 0.334 e. The third-order valence-corrected chi connectivity index (χ3v) is 8.67. The lowest BCUT2D eigenvalue weighted by Gasteiger charge is -2.55. The van der Waals surface area contributed by atoms with Gasteiger partial charge in [-0.2, -0.15) is 0 Å². The van der Waals surface area contributed by atoms with Crippen LogP contribution in [0.15, 0.2) is 84.9 Å². The molecule has 43 heavy (non-hydrogen) atoms. The number of amides is 4. The van der Waals surface area contributed by atoms with Gasteiger partial charge in [0, 0.05) is 26.1 Å². The van der Waals surface area contributed by atoms with Crippen LogP contribution in [0, 0.1) is 5.92 Å². The number of carbonyl (C=O) groups is 3. The monoisotopic (exact) mass is 583 g/mol. The molecule has 0 saturated carbocycles. The number of hydrogen-bond donors (Lipinski definition) is 1. The first-order valence-corrected chi connectivity index (χ1v) is 14.9. The Morgan fingerprint density at radius 1 is 0.953 bits per heavy atom. The molecule has 9 nitrogen and oxygen atoms in total. The number of hydrogen-bond acceptors (Lipinski definition) is 5. The van der Waals surface area contributed by atoms with E-state index >= 15 is 0 Å². The summed E-state index contributed by atoms with van der Waals surface area (Å²) in [6.45, 7) is 5.02. The number of rotatable bonds is 9. The quantitative estimate of drug-likeness (QED) is 0.406. The maximum atomic E-state index is 14.2. The van der Waals surface area contributed by atoms with Crippen LogP contribution in [0.1, 0.15) is 42.9 Å². The third-order valence-electron chi connectivity index (χ3n) is 8.67. The van der Waals surface area contributed by atoms with E-state index in [4.69, 9.17) is 4.74 Å². The van der Waals surface area contributed by atoms with Crippen molar-refractivity contribution in [2.24, 2.45) is 5.92 Å². The molecular weight excluding hydrogens is 542 g/mol. The van der Waals surface area contributed by atoms with Crippen molar-refractivity contribution in [3.63, 3.8) is 0 Å². The summed E-state index contributed by atoms with van der Waals surface area (Å²) in [5.41, 5.74) is 3.14. The highest BCUT2D eigenvalue weighted by Gasteiger charge is 2.52. The molecule has 3 atom stereocenters. The number of urea groups is 1. The van der Waals surface area contributed by atoms with Gasteiger partial charge >= 0.3 is 6.03 Å². The Balaban J connectivity index is 1.45.